The molecule has 0 spiro atoms. The first-order valence-electron chi connectivity index (χ1n) is 8.27. The third-order valence-electron chi connectivity index (χ3n) is 4.27. The molecule has 0 saturated heterocycles. The molecular formula is C16H25N7O. The highest BCUT2D eigenvalue weighted by Gasteiger charge is 2.21. The Bertz CT molecular complexity index is 725. The summed E-state index contributed by atoms with van der Waals surface area (Å²) in [5.41, 5.74) is 0.913. The molecule has 1 aliphatic rings. The van der Waals surface area contributed by atoms with Gasteiger partial charge in [-0.15, -0.1) is 0 Å². The number of rotatable bonds is 4. The van der Waals surface area contributed by atoms with Crippen molar-refractivity contribution in [2.24, 2.45) is 7.05 Å². The largest absolute Gasteiger partial charge is 0.310 e. The summed E-state index contributed by atoms with van der Waals surface area (Å²) in [5, 5.41) is 14.9. The Labute approximate surface area is 141 Å². The molecule has 1 atom stereocenters. The predicted octanol–water partition coefficient (Wildman–Crippen LogP) is 0.852. The average Bonchev–Trinajstić information content (AvgIpc) is 3.11. The Morgan fingerprint density at radius 1 is 1.42 bits per heavy atom. The highest BCUT2D eigenvalue weighted by molar-refractivity contribution is 5.91. The van der Waals surface area contributed by atoms with Crippen molar-refractivity contribution in [3.63, 3.8) is 0 Å². The minimum atomic E-state index is -0.0668. The summed E-state index contributed by atoms with van der Waals surface area (Å²) in [6.07, 6.45) is 3.43. The van der Waals surface area contributed by atoms with E-state index in [0.29, 0.717) is 5.82 Å². The van der Waals surface area contributed by atoms with Gasteiger partial charge in [0, 0.05) is 31.0 Å². The zero-order chi connectivity index (χ0) is 17.3. The van der Waals surface area contributed by atoms with Gasteiger partial charge in [-0.2, -0.15) is 10.2 Å². The van der Waals surface area contributed by atoms with Crippen LogP contribution in [-0.4, -0.2) is 43.0 Å². The lowest BCUT2D eigenvalue weighted by molar-refractivity contribution is -0.115. The molecular weight excluding hydrogens is 306 g/mol. The van der Waals surface area contributed by atoms with E-state index in [-0.39, 0.29) is 23.9 Å². The Balaban J connectivity index is 1.52. The summed E-state index contributed by atoms with van der Waals surface area (Å²) in [4.78, 5) is 16.4. The van der Waals surface area contributed by atoms with E-state index in [0.717, 1.165) is 30.9 Å². The number of hydrogen-bond acceptors (Lipinski definition) is 5. The number of amides is 1. The van der Waals surface area contributed by atoms with Crippen molar-refractivity contribution in [1.29, 1.82) is 0 Å². The van der Waals surface area contributed by atoms with Crippen molar-refractivity contribution < 1.29 is 4.79 Å². The number of carbonyl (C=O) groups is 1. The number of hydrogen-bond donors (Lipinski definition) is 2. The fraction of sp³-hybridized carbons (Fsp3) is 0.625. The minimum Gasteiger partial charge on any atom is -0.310 e. The molecule has 2 aromatic heterocycles. The van der Waals surface area contributed by atoms with Gasteiger partial charge in [-0.1, -0.05) is 20.8 Å². The topological polar surface area (TPSA) is 89.7 Å². The van der Waals surface area contributed by atoms with Gasteiger partial charge in [0.05, 0.1) is 18.8 Å². The summed E-state index contributed by atoms with van der Waals surface area (Å²) in [5.74, 6) is 1.67. The standard InChI is InChI=1S/C16H25N7O/c1-16(2,3)12-7-14(22(4)21-12)20-15(24)8-17-11-5-6-13-18-10-19-23(13)9-11/h7,10-11,17H,5-6,8-9H2,1-4H3,(H,20,24)/t11-/m0/s1. The van der Waals surface area contributed by atoms with Crippen LogP contribution >= 0.6 is 0 Å². The second kappa shape index (κ2) is 6.35. The van der Waals surface area contributed by atoms with Crippen molar-refractivity contribution in [3.8, 4) is 0 Å². The van der Waals surface area contributed by atoms with Crippen LogP contribution in [0.4, 0.5) is 5.82 Å². The lowest BCUT2D eigenvalue weighted by Gasteiger charge is -2.23. The predicted molar refractivity (Wildman–Crippen MR) is 90.7 cm³/mol. The molecule has 8 heteroatoms. The van der Waals surface area contributed by atoms with Crippen molar-refractivity contribution in [1.82, 2.24) is 29.9 Å². The van der Waals surface area contributed by atoms with E-state index < -0.39 is 0 Å². The summed E-state index contributed by atoms with van der Waals surface area (Å²) in [6, 6.07) is 2.17. The van der Waals surface area contributed by atoms with Gasteiger partial charge in [0.15, 0.2) is 0 Å². The van der Waals surface area contributed by atoms with E-state index in [2.05, 4.69) is 46.6 Å². The van der Waals surface area contributed by atoms with Gasteiger partial charge in [0.2, 0.25) is 5.91 Å². The quantitative estimate of drug-likeness (QED) is 0.867. The summed E-state index contributed by atoms with van der Waals surface area (Å²) < 4.78 is 3.61. The summed E-state index contributed by atoms with van der Waals surface area (Å²) >= 11 is 0. The summed E-state index contributed by atoms with van der Waals surface area (Å²) in [7, 11) is 1.84. The van der Waals surface area contributed by atoms with Crippen molar-refractivity contribution in [2.75, 3.05) is 11.9 Å². The Hall–Kier alpha value is -2.22. The van der Waals surface area contributed by atoms with Gasteiger partial charge in [-0.3, -0.25) is 9.48 Å². The zero-order valence-electron chi connectivity index (χ0n) is 14.7. The van der Waals surface area contributed by atoms with Crippen LogP contribution in [0.5, 0.6) is 0 Å². The van der Waals surface area contributed by atoms with Crippen LogP contribution in [0.25, 0.3) is 0 Å². The minimum absolute atomic E-state index is 0.0450. The number of fused-ring (bicyclic) bond motifs is 1. The van der Waals surface area contributed by atoms with Crippen molar-refractivity contribution in [3.05, 3.63) is 23.9 Å². The van der Waals surface area contributed by atoms with Crippen LogP contribution in [0.3, 0.4) is 0 Å². The molecule has 2 N–H and O–H groups in total. The Kier molecular flexibility index (Phi) is 4.40. The molecule has 3 heterocycles. The van der Waals surface area contributed by atoms with Crippen LogP contribution in [0.1, 0.15) is 38.7 Å². The SMILES string of the molecule is Cn1nc(C(C)(C)C)cc1NC(=O)CN[C@H]1CCc2ncnn2C1. The molecule has 0 unspecified atom stereocenters. The van der Waals surface area contributed by atoms with Gasteiger partial charge < -0.3 is 10.6 Å². The molecule has 2 aromatic rings. The highest BCUT2D eigenvalue weighted by atomic mass is 16.2. The van der Waals surface area contributed by atoms with Crippen molar-refractivity contribution >= 4 is 11.7 Å². The molecule has 0 bridgehead atoms. The van der Waals surface area contributed by atoms with Crippen LogP contribution in [0.15, 0.2) is 12.4 Å². The molecule has 3 rings (SSSR count). The number of anilines is 1. The molecule has 8 nitrogen and oxygen atoms in total. The van der Waals surface area contributed by atoms with E-state index in [1.165, 1.54) is 0 Å². The third kappa shape index (κ3) is 3.64. The molecule has 1 aliphatic heterocycles. The zero-order valence-corrected chi connectivity index (χ0v) is 14.7. The molecule has 0 aromatic carbocycles. The Morgan fingerprint density at radius 2 is 2.21 bits per heavy atom. The number of nitrogens with zero attached hydrogens (tertiary/aromatic N) is 5. The number of aromatic nitrogens is 5. The lowest BCUT2D eigenvalue weighted by atomic mass is 9.92. The maximum atomic E-state index is 12.2. The van der Waals surface area contributed by atoms with Gasteiger partial charge in [-0.05, 0) is 6.42 Å². The maximum Gasteiger partial charge on any atom is 0.239 e. The maximum absolute atomic E-state index is 12.2. The molecule has 0 aliphatic carbocycles. The lowest BCUT2D eigenvalue weighted by Crippen LogP contribution is -2.41. The van der Waals surface area contributed by atoms with Gasteiger partial charge in [0.25, 0.3) is 0 Å². The van der Waals surface area contributed by atoms with Gasteiger partial charge >= 0.3 is 0 Å². The summed E-state index contributed by atoms with van der Waals surface area (Å²) in [6.45, 7) is 7.32. The molecule has 0 radical (unpaired) electrons. The molecule has 0 fully saturated rings. The number of nitrogens with one attached hydrogen (secondary N) is 2. The second-order valence-corrected chi connectivity index (χ2v) is 7.31. The van der Waals surface area contributed by atoms with Crippen LogP contribution in [-0.2, 0) is 30.2 Å². The monoisotopic (exact) mass is 331 g/mol. The first kappa shape index (κ1) is 16.6. The van der Waals surface area contributed by atoms with Crippen LogP contribution < -0.4 is 10.6 Å². The van der Waals surface area contributed by atoms with E-state index >= 15 is 0 Å². The first-order valence-corrected chi connectivity index (χ1v) is 8.27. The third-order valence-corrected chi connectivity index (χ3v) is 4.27. The Morgan fingerprint density at radius 3 is 2.92 bits per heavy atom. The van der Waals surface area contributed by atoms with E-state index in [9.17, 15) is 4.79 Å². The average molecular weight is 331 g/mol. The number of aryl methyl sites for hydroxylation is 2. The molecule has 0 saturated carbocycles. The fourth-order valence-electron chi connectivity index (χ4n) is 2.78. The molecule has 130 valence electrons. The smallest absolute Gasteiger partial charge is 0.239 e. The van der Waals surface area contributed by atoms with E-state index in [4.69, 9.17) is 0 Å². The molecule has 24 heavy (non-hydrogen) atoms. The van der Waals surface area contributed by atoms with E-state index in [1.54, 1.807) is 11.0 Å². The molecule has 1 amide bonds. The normalized spacial score (nSPS) is 17.6. The first-order chi connectivity index (χ1) is 11.3. The number of carbonyl (C=O) groups excluding carboxylic acids is 1. The van der Waals surface area contributed by atoms with Crippen LogP contribution in [0.2, 0.25) is 0 Å². The van der Waals surface area contributed by atoms with Gasteiger partial charge in [0.1, 0.15) is 18.0 Å². The fourth-order valence-corrected chi connectivity index (χ4v) is 2.78. The van der Waals surface area contributed by atoms with E-state index in [1.807, 2.05) is 17.8 Å². The highest BCUT2D eigenvalue weighted by Crippen LogP contribution is 2.23. The second-order valence-electron chi connectivity index (χ2n) is 7.31. The van der Waals surface area contributed by atoms with Gasteiger partial charge in [-0.25, -0.2) is 9.67 Å². The van der Waals surface area contributed by atoms with Crippen molar-refractivity contribution in [2.45, 2.75) is 51.6 Å². The van der Waals surface area contributed by atoms with Crippen LogP contribution in [0, 0.1) is 0 Å².